The van der Waals surface area contributed by atoms with Crippen molar-refractivity contribution in [3.05, 3.63) is 95.7 Å². The van der Waals surface area contributed by atoms with Crippen LogP contribution in [0.5, 0.6) is 0 Å². The van der Waals surface area contributed by atoms with Crippen LogP contribution >= 0.6 is 0 Å². The molecule has 0 saturated heterocycles. The number of nitrogens with zero attached hydrogens (tertiary/aromatic N) is 2. The van der Waals surface area contributed by atoms with Crippen LogP contribution in [0.3, 0.4) is 0 Å². The van der Waals surface area contributed by atoms with Crippen LogP contribution in [0, 0.1) is 0 Å². The van der Waals surface area contributed by atoms with Gasteiger partial charge in [-0.25, -0.2) is 0 Å². The van der Waals surface area contributed by atoms with E-state index in [0.717, 1.165) is 10.9 Å². The number of carbonyl (C=O) groups is 2. The molecule has 0 fully saturated rings. The lowest BCUT2D eigenvalue weighted by atomic mass is 10.1. The van der Waals surface area contributed by atoms with E-state index in [4.69, 9.17) is 4.52 Å². The lowest BCUT2D eigenvalue weighted by Crippen LogP contribution is -2.31. The first-order valence-corrected chi connectivity index (χ1v) is 10.1. The lowest BCUT2D eigenvalue weighted by molar-refractivity contribution is -0.131. The van der Waals surface area contributed by atoms with Gasteiger partial charge < -0.3 is 14.7 Å². The predicted molar refractivity (Wildman–Crippen MR) is 120 cm³/mol. The number of aromatic nitrogens is 1. The van der Waals surface area contributed by atoms with Crippen LogP contribution in [0.15, 0.2) is 83.4 Å². The Hall–Kier alpha value is -3.93. The van der Waals surface area contributed by atoms with Gasteiger partial charge in [-0.1, -0.05) is 47.6 Å². The van der Waals surface area contributed by atoms with Crippen molar-refractivity contribution >= 4 is 28.5 Å². The first kappa shape index (κ1) is 20.3. The molecule has 0 spiro atoms. The Kier molecular flexibility index (Phi) is 5.80. The molecule has 1 aromatic heterocycles. The third kappa shape index (κ3) is 4.48. The van der Waals surface area contributed by atoms with Gasteiger partial charge in [-0.3, -0.25) is 9.59 Å². The monoisotopic (exact) mass is 413 g/mol. The van der Waals surface area contributed by atoms with E-state index in [1.807, 2.05) is 73.7 Å². The molecule has 0 aliphatic carbocycles. The number of fused-ring (bicyclic) bond motifs is 1. The van der Waals surface area contributed by atoms with Crippen LogP contribution in [-0.4, -0.2) is 28.9 Å². The van der Waals surface area contributed by atoms with Crippen molar-refractivity contribution in [1.82, 2.24) is 10.1 Å². The molecular formula is C25H23N3O3. The summed E-state index contributed by atoms with van der Waals surface area (Å²) in [4.78, 5) is 27.0. The number of para-hydroxylation sites is 1. The summed E-state index contributed by atoms with van der Waals surface area (Å²) in [5.74, 6) is -0.238. The lowest BCUT2D eigenvalue weighted by Gasteiger charge is -2.25. The summed E-state index contributed by atoms with van der Waals surface area (Å²) >= 11 is 0. The Morgan fingerprint density at radius 3 is 2.55 bits per heavy atom. The van der Waals surface area contributed by atoms with Gasteiger partial charge in [-0.15, -0.1) is 0 Å². The zero-order chi connectivity index (χ0) is 21.8. The summed E-state index contributed by atoms with van der Waals surface area (Å²) in [6, 6.07) is 23.9. The highest BCUT2D eigenvalue weighted by molar-refractivity contribution is 6.04. The quantitative estimate of drug-likeness (QED) is 0.491. The molecule has 0 aliphatic rings. The van der Waals surface area contributed by atoms with Gasteiger partial charge in [-0.2, -0.15) is 0 Å². The van der Waals surface area contributed by atoms with Crippen molar-refractivity contribution in [1.29, 1.82) is 0 Å². The van der Waals surface area contributed by atoms with Crippen LogP contribution in [0.4, 0.5) is 5.69 Å². The number of likely N-dealkylation sites (N-methyl/N-ethyl adjacent to an activating group) is 1. The van der Waals surface area contributed by atoms with Gasteiger partial charge in [0.25, 0.3) is 5.91 Å². The van der Waals surface area contributed by atoms with E-state index in [1.54, 1.807) is 24.1 Å². The number of hydrogen-bond acceptors (Lipinski definition) is 4. The van der Waals surface area contributed by atoms with E-state index in [1.165, 1.54) is 0 Å². The third-order valence-electron chi connectivity index (χ3n) is 5.41. The number of nitrogens with one attached hydrogen (secondary N) is 1. The maximum Gasteiger partial charge on any atom is 0.255 e. The average Bonchev–Trinajstić information content (AvgIpc) is 3.21. The van der Waals surface area contributed by atoms with Crippen LogP contribution in [0.1, 0.15) is 34.6 Å². The molecule has 4 rings (SSSR count). The molecule has 31 heavy (non-hydrogen) atoms. The van der Waals surface area contributed by atoms with Gasteiger partial charge in [0.1, 0.15) is 5.69 Å². The van der Waals surface area contributed by atoms with Crippen molar-refractivity contribution in [2.24, 2.45) is 0 Å². The van der Waals surface area contributed by atoms with Crippen LogP contribution in [0.25, 0.3) is 11.0 Å². The molecule has 2 amide bonds. The van der Waals surface area contributed by atoms with E-state index in [9.17, 15) is 9.59 Å². The number of amides is 2. The Balaban J connectivity index is 1.45. The summed E-state index contributed by atoms with van der Waals surface area (Å²) in [6.45, 7) is 1.96. The van der Waals surface area contributed by atoms with Gasteiger partial charge in [0.05, 0.1) is 12.5 Å². The Morgan fingerprint density at radius 2 is 1.74 bits per heavy atom. The standard InChI is InChI=1S/C25H23N3O3/c1-17(28(2)24(29)16-22-21-13-6-7-14-23(21)31-27-22)19-11-8-12-20(15-19)26-25(30)18-9-4-3-5-10-18/h3-15,17H,16H2,1-2H3,(H,26,30). The van der Waals surface area contributed by atoms with Crippen LogP contribution in [-0.2, 0) is 11.2 Å². The van der Waals surface area contributed by atoms with Gasteiger partial charge in [0, 0.05) is 23.7 Å². The fourth-order valence-electron chi connectivity index (χ4n) is 3.44. The fraction of sp³-hybridized carbons (Fsp3) is 0.160. The maximum absolute atomic E-state index is 12.9. The van der Waals surface area contributed by atoms with Crippen molar-refractivity contribution in [3.63, 3.8) is 0 Å². The van der Waals surface area contributed by atoms with Crippen molar-refractivity contribution in [3.8, 4) is 0 Å². The highest BCUT2D eigenvalue weighted by Gasteiger charge is 2.20. The number of rotatable bonds is 6. The molecule has 6 nitrogen and oxygen atoms in total. The zero-order valence-corrected chi connectivity index (χ0v) is 17.4. The normalized spacial score (nSPS) is 11.8. The largest absolute Gasteiger partial charge is 0.356 e. The molecule has 0 saturated carbocycles. The van der Waals surface area contributed by atoms with Crippen LogP contribution < -0.4 is 5.32 Å². The molecule has 0 bridgehead atoms. The number of benzene rings is 3. The van der Waals surface area contributed by atoms with Crippen LogP contribution in [0.2, 0.25) is 0 Å². The van der Waals surface area contributed by atoms with Gasteiger partial charge in [-0.05, 0) is 48.9 Å². The summed E-state index contributed by atoms with van der Waals surface area (Å²) in [7, 11) is 1.77. The molecule has 4 aromatic rings. The predicted octanol–water partition coefficient (Wildman–Crippen LogP) is 4.84. The zero-order valence-electron chi connectivity index (χ0n) is 17.4. The van der Waals surface area contributed by atoms with E-state index in [2.05, 4.69) is 10.5 Å². The van der Waals surface area contributed by atoms with Crippen molar-refractivity contribution in [2.45, 2.75) is 19.4 Å². The molecule has 3 aromatic carbocycles. The highest BCUT2D eigenvalue weighted by atomic mass is 16.5. The Morgan fingerprint density at radius 1 is 1.00 bits per heavy atom. The fourth-order valence-corrected chi connectivity index (χ4v) is 3.44. The van der Waals surface area contributed by atoms with Crippen molar-refractivity contribution < 1.29 is 14.1 Å². The molecule has 0 aliphatic heterocycles. The van der Waals surface area contributed by atoms with E-state index >= 15 is 0 Å². The van der Waals surface area contributed by atoms with Gasteiger partial charge >= 0.3 is 0 Å². The minimum Gasteiger partial charge on any atom is -0.356 e. The smallest absolute Gasteiger partial charge is 0.255 e. The summed E-state index contributed by atoms with van der Waals surface area (Å²) in [5, 5.41) is 7.82. The molecule has 6 heteroatoms. The SMILES string of the molecule is CC(c1cccc(NC(=O)c2ccccc2)c1)N(C)C(=O)Cc1noc2ccccc12. The highest BCUT2D eigenvalue weighted by Crippen LogP contribution is 2.24. The summed E-state index contributed by atoms with van der Waals surface area (Å²) in [6.07, 6.45) is 0.155. The topological polar surface area (TPSA) is 75.4 Å². The van der Waals surface area contributed by atoms with E-state index < -0.39 is 0 Å². The second-order valence-corrected chi connectivity index (χ2v) is 7.43. The molecular weight excluding hydrogens is 390 g/mol. The second kappa shape index (κ2) is 8.83. The third-order valence-corrected chi connectivity index (χ3v) is 5.41. The minimum absolute atomic E-state index is 0.0646. The molecule has 1 N–H and O–H groups in total. The second-order valence-electron chi connectivity index (χ2n) is 7.43. The van der Waals surface area contributed by atoms with Gasteiger partial charge in [0.2, 0.25) is 5.91 Å². The van der Waals surface area contributed by atoms with Gasteiger partial charge in [0.15, 0.2) is 5.58 Å². The molecule has 1 heterocycles. The maximum atomic E-state index is 12.9. The molecule has 0 radical (unpaired) electrons. The number of carbonyl (C=O) groups excluding carboxylic acids is 2. The number of anilines is 1. The summed E-state index contributed by atoms with van der Waals surface area (Å²) < 4.78 is 5.30. The van der Waals surface area contributed by atoms with E-state index in [-0.39, 0.29) is 24.3 Å². The first-order chi connectivity index (χ1) is 15.0. The number of hydrogen-bond donors (Lipinski definition) is 1. The van der Waals surface area contributed by atoms with Crippen molar-refractivity contribution in [2.75, 3.05) is 12.4 Å². The minimum atomic E-state index is -0.181. The molecule has 156 valence electrons. The molecule has 1 atom stereocenters. The first-order valence-electron chi connectivity index (χ1n) is 10.1. The Bertz CT molecular complexity index is 1220. The average molecular weight is 413 g/mol. The molecule has 1 unspecified atom stereocenters. The van der Waals surface area contributed by atoms with E-state index in [0.29, 0.717) is 22.5 Å². The Labute approximate surface area is 180 Å². The summed E-state index contributed by atoms with van der Waals surface area (Å²) in [5.41, 5.74) is 3.49.